The predicted molar refractivity (Wildman–Crippen MR) is 119 cm³/mol. The molecule has 0 saturated carbocycles. The van der Waals surface area contributed by atoms with Crippen LogP contribution < -0.4 is 10.0 Å². The molecular formula is C23H20N4O3S. The highest BCUT2D eigenvalue weighted by Crippen LogP contribution is 2.19. The van der Waals surface area contributed by atoms with E-state index in [1.54, 1.807) is 55.0 Å². The standard InChI is InChI=1S/C23H20N4O3S/c28-23(25-20-8-4-6-18(14-20)16-27-13-12-24-17-27)19-7-5-9-21(15-19)26-31(29,30)22-10-2-1-3-11-22/h1-15,17,26H,16H2,(H,25,28). The van der Waals surface area contributed by atoms with Crippen LogP contribution in [-0.2, 0) is 16.6 Å². The molecule has 156 valence electrons. The van der Waals surface area contributed by atoms with Crippen molar-refractivity contribution in [3.63, 3.8) is 0 Å². The first kappa shape index (κ1) is 20.4. The van der Waals surface area contributed by atoms with Crippen molar-refractivity contribution in [3.05, 3.63) is 109 Å². The molecule has 1 aromatic heterocycles. The fourth-order valence-electron chi connectivity index (χ4n) is 3.08. The quantitative estimate of drug-likeness (QED) is 0.462. The smallest absolute Gasteiger partial charge is 0.261 e. The highest BCUT2D eigenvalue weighted by Gasteiger charge is 2.15. The molecule has 4 rings (SSSR count). The summed E-state index contributed by atoms with van der Waals surface area (Å²) in [5, 5.41) is 2.86. The third-order valence-electron chi connectivity index (χ3n) is 4.54. The van der Waals surface area contributed by atoms with E-state index >= 15 is 0 Å². The Bertz CT molecular complexity index is 1290. The Balaban J connectivity index is 1.47. The summed E-state index contributed by atoms with van der Waals surface area (Å²) in [6.07, 6.45) is 5.31. The van der Waals surface area contributed by atoms with E-state index in [1.807, 2.05) is 29.0 Å². The number of carbonyl (C=O) groups is 1. The average Bonchev–Trinajstić information content (AvgIpc) is 3.27. The van der Waals surface area contributed by atoms with E-state index in [9.17, 15) is 13.2 Å². The first-order valence-electron chi connectivity index (χ1n) is 9.54. The number of nitrogens with zero attached hydrogens (tertiary/aromatic N) is 2. The molecular weight excluding hydrogens is 412 g/mol. The number of benzene rings is 3. The van der Waals surface area contributed by atoms with Crippen molar-refractivity contribution in [2.24, 2.45) is 0 Å². The Morgan fingerprint density at radius 1 is 0.903 bits per heavy atom. The Hall–Kier alpha value is -3.91. The van der Waals surface area contributed by atoms with Crippen LogP contribution in [0.15, 0.2) is 102 Å². The topological polar surface area (TPSA) is 93.1 Å². The molecule has 0 spiro atoms. The largest absolute Gasteiger partial charge is 0.333 e. The minimum Gasteiger partial charge on any atom is -0.333 e. The number of rotatable bonds is 7. The molecule has 0 unspecified atom stereocenters. The van der Waals surface area contributed by atoms with E-state index in [-0.39, 0.29) is 10.8 Å². The van der Waals surface area contributed by atoms with E-state index in [2.05, 4.69) is 15.0 Å². The molecule has 0 saturated heterocycles. The third kappa shape index (κ3) is 5.18. The first-order valence-corrected chi connectivity index (χ1v) is 11.0. The molecule has 1 amide bonds. The van der Waals surface area contributed by atoms with Crippen molar-refractivity contribution >= 4 is 27.3 Å². The highest BCUT2D eigenvalue weighted by molar-refractivity contribution is 7.92. The van der Waals surface area contributed by atoms with Gasteiger partial charge in [0.2, 0.25) is 0 Å². The number of carbonyl (C=O) groups excluding carboxylic acids is 1. The molecule has 0 fully saturated rings. The van der Waals surface area contributed by atoms with Crippen molar-refractivity contribution in [3.8, 4) is 0 Å². The number of imidazole rings is 1. The zero-order chi connectivity index (χ0) is 21.7. The number of sulfonamides is 1. The monoisotopic (exact) mass is 432 g/mol. The Morgan fingerprint density at radius 3 is 2.45 bits per heavy atom. The van der Waals surface area contributed by atoms with Gasteiger partial charge < -0.3 is 9.88 Å². The lowest BCUT2D eigenvalue weighted by molar-refractivity contribution is 0.102. The van der Waals surface area contributed by atoms with Crippen molar-refractivity contribution in [1.29, 1.82) is 0 Å². The summed E-state index contributed by atoms with van der Waals surface area (Å²) >= 11 is 0. The maximum atomic E-state index is 12.7. The van der Waals surface area contributed by atoms with Gasteiger partial charge in [-0.1, -0.05) is 36.4 Å². The third-order valence-corrected chi connectivity index (χ3v) is 5.94. The lowest BCUT2D eigenvalue weighted by Crippen LogP contribution is -2.15. The van der Waals surface area contributed by atoms with E-state index in [1.165, 1.54) is 18.2 Å². The number of aromatic nitrogens is 2. The molecule has 0 aliphatic rings. The molecule has 7 nitrogen and oxygen atoms in total. The minimum atomic E-state index is -3.73. The van der Waals surface area contributed by atoms with Gasteiger partial charge in [-0.25, -0.2) is 13.4 Å². The number of hydrogen-bond donors (Lipinski definition) is 2. The molecule has 2 N–H and O–H groups in total. The van der Waals surface area contributed by atoms with Crippen LogP contribution in [0.5, 0.6) is 0 Å². The Labute approximate surface area is 180 Å². The Kier molecular flexibility index (Phi) is 5.81. The van der Waals surface area contributed by atoms with Crippen LogP contribution in [0.3, 0.4) is 0 Å². The number of nitrogens with one attached hydrogen (secondary N) is 2. The van der Waals surface area contributed by atoms with Crippen molar-refractivity contribution in [2.75, 3.05) is 10.0 Å². The molecule has 0 bridgehead atoms. The van der Waals surface area contributed by atoms with E-state index < -0.39 is 10.0 Å². The molecule has 31 heavy (non-hydrogen) atoms. The first-order chi connectivity index (χ1) is 15.0. The van der Waals surface area contributed by atoms with Gasteiger partial charge in [-0.2, -0.15) is 0 Å². The van der Waals surface area contributed by atoms with Gasteiger partial charge in [0.25, 0.3) is 15.9 Å². The molecule has 1 heterocycles. The summed E-state index contributed by atoms with van der Waals surface area (Å²) < 4.78 is 29.5. The number of anilines is 2. The molecule has 0 atom stereocenters. The zero-order valence-corrected chi connectivity index (χ0v) is 17.3. The maximum Gasteiger partial charge on any atom is 0.261 e. The van der Waals surface area contributed by atoms with Gasteiger partial charge in [0, 0.05) is 35.9 Å². The zero-order valence-electron chi connectivity index (χ0n) is 16.5. The lowest BCUT2D eigenvalue weighted by Gasteiger charge is -2.11. The normalized spacial score (nSPS) is 11.1. The summed E-state index contributed by atoms with van der Waals surface area (Å²) in [6.45, 7) is 0.639. The summed E-state index contributed by atoms with van der Waals surface area (Å²) in [5.41, 5.74) is 2.32. The van der Waals surface area contributed by atoms with Gasteiger partial charge in [-0.15, -0.1) is 0 Å². The van der Waals surface area contributed by atoms with Crippen LogP contribution in [0.25, 0.3) is 0 Å². The number of hydrogen-bond acceptors (Lipinski definition) is 4. The second kappa shape index (κ2) is 8.85. The predicted octanol–water partition coefficient (Wildman–Crippen LogP) is 3.98. The Morgan fingerprint density at radius 2 is 1.68 bits per heavy atom. The summed E-state index contributed by atoms with van der Waals surface area (Å²) in [5.74, 6) is -0.333. The summed E-state index contributed by atoms with van der Waals surface area (Å²) in [6, 6.07) is 22.0. The molecule has 8 heteroatoms. The minimum absolute atomic E-state index is 0.152. The van der Waals surface area contributed by atoms with Crippen LogP contribution in [0.4, 0.5) is 11.4 Å². The van der Waals surface area contributed by atoms with E-state index in [0.29, 0.717) is 23.5 Å². The van der Waals surface area contributed by atoms with Crippen LogP contribution in [0.1, 0.15) is 15.9 Å². The maximum absolute atomic E-state index is 12.7. The van der Waals surface area contributed by atoms with Crippen LogP contribution >= 0.6 is 0 Å². The van der Waals surface area contributed by atoms with Crippen LogP contribution in [-0.4, -0.2) is 23.9 Å². The molecule has 0 aliphatic carbocycles. The van der Waals surface area contributed by atoms with Gasteiger partial charge in [0.1, 0.15) is 0 Å². The fraction of sp³-hybridized carbons (Fsp3) is 0.0435. The lowest BCUT2D eigenvalue weighted by atomic mass is 10.1. The molecule has 4 aromatic rings. The summed E-state index contributed by atoms with van der Waals surface area (Å²) in [7, 11) is -3.73. The van der Waals surface area contributed by atoms with E-state index in [0.717, 1.165) is 5.56 Å². The molecule has 0 radical (unpaired) electrons. The second-order valence-corrected chi connectivity index (χ2v) is 8.57. The van der Waals surface area contributed by atoms with Crippen LogP contribution in [0, 0.1) is 0 Å². The van der Waals surface area contributed by atoms with Gasteiger partial charge >= 0.3 is 0 Å². The average molecular weight is 433 g/mol. The number of amides is 1. The van der Waals surface area contributed by atoms with Crippen LogP contribution in [0.2, 0.25) is 0 Å². The van der Waals surface area contributed by atoms with Gasteiger partial charge in [-0.05, 0) is 48.0 Å². The molecule has 0 aliphatic heterocycles. The summed E-state index contributed by atoms with van der Waals surface area (Å²) in [4.78, 5) is 16.9. The van der Waals surface area contributed by atoms with Gasteiger partial charge in [0.05, 0.1) is 11.2 Å². The molecule has 3 aromatic carbocycles. The second-order valence-electron chi connectivity index (χ2n) is 6.89. The van der Waals surface area contributed by atoms with Gasteiger partial charge in [0.15, 0.2) is 0 Å². The van der Waals surface area contributed by atoms with E-state index in [4.69, 9.17) is 0 Å². The van der Waals surface area contributed by atoms with Crippen molar-refractivity contribution in [2.45, 2.75) is 11.4 Å². The highest BCUT2D eigenvalue weighted by atomic mass is 32.2. The van der Waals surface area contributed by atoms with Gasteiger partial charge in [-0.3, -0.25) is 9.52 Å². The SMILES string of the molecule is O=C(Nc1cccc(Cn2ccnc2)c1)c1cccc(NS(=O)(=O)c2ccccc2)c1. The van der Waals surface area contributed by atoms with Crippen molar-refractivity contribution in [1.82, 2.24) is 9.55 Å². The van der Waals surface area contributed by atoms with Crippen molar-refractivity contribution < 1.29 is 13.2 Å². The fourth-order valence-corrected chi connectivity index (χ4v) is 4.15.